The number of carbonyl (C=O) groups excluding carboxylic acids is 1. The fraction of sp³-hybridized carbons (Fsp3) is 0.409. The fourth-order valence-electron chi connectivity index (χ4n) is 3.40. The van der Waals surface area contributed by atoms with Crippen LogP contribution in [0.2, 0.25) is 0 Å². The van der Waals surface area contributed by atoms with Crippen LogP contribution in [-0.2, 0) is 0 Å². The van der Waals surface area contributed by atoms with E-state index in [4.69, 9.17) is 18.7 Å². The van der Waals surface area contributed by atoms with Gasteiger partial charge in [-0.3, -0.25) is 4.79 Å². The molecule has 1 fully saturated rings. The molecule has 1 saturated heterocycles. The Balaban J connectivity index is 1.48. The minimum atomic E-state index is -0.0980. The van der Waals surface area contributed by atoms with Gasteiger partial charge in [-0.15, -0.1) is 11.3 Å². The number of rotatable bonds is 9. The lowest BCUT2D eigenvalue weighted by Crippen LogP contribution is -2.48. The molecule has 164 valence electrons. The molecular weight excluding hydrogens is 418 g/mol. The van der Waals surface area contributed by atoms with Crippen LogP contribution < -0.4 is 14.2 Å². The number of hydrogen-bond donors (Lipinski definition) is 0. The zero-order valence-electron chi connectivity index (χ0n) is 17.8. The molecule has 0 N–H and O–H groups in total. The number of aromatic nitrogens is 2. The van der Waals surface area contributed by atoms with Crippen molar-refractivity contribution in [3.05, 3.63) is 41.1 Å². The highest BCUT2D eigenvalue weighted by Crippen LogP contribution is 2.40. The average molecular weight is 444 g/mol. The number of carbonyl (C=O) groups is 1. The van der Waals surface area contributed by atoms with Gasteiger partial charge in [-0.05, 0) is 44.4 Å². The van der Waals surface area contributed by atoms with E-state index in [2.05, 4.69) is 10.1 Å². The topological polar surface area (TPSA) is 86.9 Å². The van der Waals surface area contributed by atoms with Crippen LogP contribution in [0.5, 0.6) is 17.2 Å². The summed E-state index contributed by atoms with van der Waals surface area (Å²) < 4.78 is 22.6. The first-order valence-corrected chi connectivity index (χ1v) is 11.3. The molecule has 9 heteroatoms. The molecule has 0 spiro atoms. The minimum Gasteiger partial charge on any atom is -0.490 e. The SMILES string of the molecule is CCOc1cc(C(=O)N2CC(c3nc(-c4cccs4)no3)C2)cc(OCC)c1OCC. The Labute approximate surface area is 184 Å². The van der Waals surface area contributed by atoms with E-state index in [1.165, 1.54) is 0 Å². The quantitative estimate of drug-likeness (QED) is 0.489. The summed E-state index contributed by atoms with van der Waals surface area (Å²) in [6.45, 7) is 8.10. The van der Waals surface area contributed by atoms with Gasteiger partial charge in [-0.2, -0.15) is 4.98 Å². The Bertz CT molecular complexity index is 1000. The maximum Gasteiger partial charge on any atom is 0.254 e. The van der Waals surface area contributed by atoms with Crippen molar-refractivity contribution in [2.45, 2.75) is 26.7 Å². The summed E-state index contributed by atoms with van der Waals surface area (Å²) in [7, 11) is 0. The van der Waals surface area contributed by atoms with Gasteiger partial charge in [0.2, 0.25) is 17.5 Å². The van der Waals surface area contributed by atoms with Crippen LogP contribution in [0, 0.1) is 0 Å². The molecule has 0 atom stereocenters. The highest BCUT2D eigenvalue weighted by atomic mass is 32.1. The molecule has 1 amide bonds. The molecule has 0 aliphatic carbocycles. The fourth-order valence-corrected chi connectivity index (χ4v) is 4.05. The number of thiophene rings is 1. The van der Waals surface area contributed by atoms with E-state index in [9.17, 15) is 4.79 Å². The Morgan fingerprint density at radius 2 is 1.81 bits per heavy atom. The molecule has 1 aromatic carbocycles. The molecule has 31 heavy (non-hydrogen) atoms. The minimum absolute atomic E-state index is 0.0329. The molecule has 0 unspecified atom stereocenters. The van der Waals surface area contributed by atoms with Crippen LogP contribution in [0.4, 0.5) is 0 Å². The van der Waals surface area contributed by atoms with Gasteiger partial charge >= 0.3 is 0 Å². The molecule has 3 aromatic rings. The van der Waals surface area contributed by atoms with Crippen molar-refractivity contribution in [3.8, 4) is 28.0 Å². The Morgan fingerprint density at radius 3 is 2.39 bits per heavy atom. The molecule has 8 nitrogen and oxygen atoms in total. The first-order chi connectivity index (χ1) is 15.1. The summed E-state index contributed by atoms with van der Waals surface area (Å²) in [4.78, 5) is 20.3. The second kappa shape index (κ2) is 9.38. The lowest BCUT2D eigenvalue weighted by Gasteiger charge is -2.37. The Hall–Kier alpha value is -3.07. The molecule has 2 aromatic heterocycles. The highest BCUT2D eigenvalue weighted by Gasteiger charge is 2.36. The van der Waals surface area contributed by atoms with Crippen molar-refractivity contribution < 1.29 is 23.5 Å². The number of nitrogens with zero attached hydrogens (tertiary/aromatic N) is 3. The van der Waals surface area contributed by atoms with Crippen LogP contribution in [-0.4, -0.2) is 53.9 Å². The van der Waals surface area contributed by atoms with Crippen molar-refractivity contribution in [1.29, 1.82) is 0 Å². The molecule has 1 aliphatic rings. The van der Waals surface area contributed by atoms with Gasteiger partial charge in [0.05, 0.1) is 30.6 Å². The Morgan fingerprint density at radius 1 is 1.13 bits per heavy atom. The van der Waals surface area contributed by atoms with Crippen molar-refractivity contribution in [1.82, 2.24) is 15.0 Å². The Kier molecular flexibility index (Phi) is 6.41. The number of amides is 1. The molecule has 1 aliphatic heterocycles. The van der Waals surface area contributed by atoms with E-state index in [1.807, 2.05) is 38.3 Å². The lowest BCUT2D eigenvalue weighted by atomic mass is 9.98. The van der Waals surface area contributed by atoms with Crippen LogP contribution in [0.3, 0.4) is 0 Å². The summed E-state index contributed by atoms with van der Waals surface area (Å²) in [6, 6.07) is 7.33. The van der Waals surface area contributed by atoms with E-state index in [-0.39, 0.29) is 11.8 Å². The van der Waals surface area contributed by atoms with Gasteiger partial charge in [-0.25, -0.2) is 0 Å². The summed E-state index contributed by atoms with van der Waals surface area (Å²) >= 11 is 1.56. The van der Waals surface area contributed by atoms with E-state index >= 15 is 0 Å². The first-order valence-electron chi connectivity index (χ1n) is 10.4. The summed E-state index contributed by atoms with van der Waals surface area (Å²) in [5.74, 6) is 2.62. The molecule has 4 rings (SSSR count). The maximum atomic E-state index is 13.1. The summed E-state index contributed by atoms with van der Waals surface area (Å²) in [5, 5.41) is 6.03. The largest absolute Gasteiger partial charge is 0.490 e. The van der Waals surface area contributed by atoms with Crippen LogP contribution in [0.25, 0.3) is 10.7 Å². The molecule has 0 bridgehead atoms. The lowest BCUT2D eigenvalue weighted by molar-refractivity contribution is 0.0568. The third-order valence-corrected chi connectivity index (χ3v) is 5.72. The summed E-state index contributed by atoms with van der Waals surface area (Å²) in [5.41, 5.74) is 0.499. The number of hydrogen-bond acceptors (Lipinski definition) is 8. The van der Waals surface area contributed by atoms with Gasteiger partial charge in [0, 0.05) is 18.7 Å². The maximum absolute atomic E-state index is 13.1. The van der Waals surface area contributed by atoms with E-state index < -0.39 is 0 Å². The summed E-state index contributed by atoms with van der Waals surface area (Å²) in [6.07, 6.45) is 0. The molecule has 0 radical (unpaired) electrons. The van der Waals surface area contributed by atoms with Crippen LogP contribution in [0.1, 0.15) is 42.9 Å². The third-order valence-electron chi connectivity index (χ3n) is 4.86. The predicted octanol–water partition coefficient (Wildman–Crippen LogP) is 4.23. The zero-order valence-corrected chi connectivity index (χ0v) is 18.6. The van der Waals surface area contributed by atoms with Crippen molar-refractivity contribution in [2.24, 2.45) is 0 Å². The molecule has 3 heterocycles. The van der Waals surface area contributed by atoms with Gasteiger partial charge in [0.15, 0.2) is 11.5 Å². The van der Waals surface area contributed by atoms with E-state index in [0.717, 1.165) is 4.88 Å². The second-order valence-electron chi connectivity index (χ2n) is 6.94. The van der Waals surface area contributed by atoms with Gasteiger partial charge < -0.3 is 23.6 Å². The second-order valence-corrected chi connectivity index (χ2v) is 7.89. The third kappa shape index (κ3) is 4.36. The van der Waals surface area contributed by atoms with Crippen LogP contribution in [0.15, 0.2) is 34.2 Å². The standard InChI is InChI=1S/C22H25N3O5S/c1-4-27-16-10-14(11-17(28-5-2)19(16)29-6-3)22(26)25-12-15(13-25)21-23-20(24-30-21)18-8-7-9-31-18/h7-11,15H,4-6,12-13H2,1-3H3. The first kappa shape index (κ1) is 21.2. The van der Waals surface area contributed by atoms with Crippen molar-refractivity contribution in [3.63, 3.8) is 0 Å². The van der Waals surface area contributed by atoms with Crippen molar-refractivity contribution >= 4 is 17.2 Å². The highest BCUT2D eigenvalue weighted by molar-refractivity contribution is 7.13. The smallest absolute Gasteiger partial charge is 0.254 e. The number of likely N-dealkylation sites (tertiary alicyclic amines) is 1. The number of benzene rings is 1. The normalized spacial score (nSPS) is 13.7. The molecule has 0 saturated carbocycles. The van der Waals surface area contributed by atoms with E-state index in [0.29, 0.717) is 67.4 Å². The number of ether oxygens (including phenoxy) is 3. The zero-order chi connectivity index (χ0) is 21.8. The van der Waals surface area contributed by atoms with Gasteiger partial charge in [-0.1, -0.05) is 11.2 Å². The predicted molar refractivity (Wildman–Crippen MR) is 116 cm³/mol. The van der Waals surface area contributed by atoms with Crippen LogP contribution >= 0.6 is 11.3 Å². The van der Waals surface area contributed by atoms with Gasteiger partial charge in [0.25, 0.3) is 5.91 Å². The molecular formula is C22H25N3O5S. The monoisotopic (exact) mass is 443 g/mol. The van der Waals surface area contributed by atoms with E-state index in [1.54, 1.807) is 28.4 Å². The average Bonchev–Trinajstić information content (AvgIpc) is 3.41. The van der Waals surface area contributed by atoms with Gasteiger partial charge in [0.1, 0.15) is 0 Å². The van der Waals surface area contributed by atoms with Crippen molar-refractivity contribution in [2.75, 3.05) is 32.9 Å².